The van der Waals surface area contributed by atoms with Crippen LogP contribution in [-0.4, -0.2) is 24.0 Å². The third-order valence-corrected chi connectivity index (χ3v) is 5.95. The Balaban J connectivity index is 1.58. The first-order valence-electron chi connectivity index (χ1n) is 11.1. The van der Waals surface area contributed by atoms with Gasteiger partial charge in [-0.3, -0.25) is 4.79 Å². The van der Waals surface area contributed by atoms with E-state index in [2.05, 4.69) is 43.4 Å². The molecule has 0 aromatic heterocycles. The molecule has 0 spiro atoms. The minimum atomic E-state index is -0.639. The molecule has 4 rings (SSSR count). The van der Waals surface area contributed by atoms with E-state index in [-0.39, 0.29) is 5.91 Å². The van der Waals surface area contributed by atoms with Crippen molar-refractivity contribution >= 4 is 11.6 Å². The molecule has 0 radical (unpaired) electrons. The molecule has 4 heteroatoms. The number of fused-ring (bicyclic) bond motifs is 1. The van der Waals surface area contributed by atoms with E-state index in [9.17, 15) is 4.79 Å². The summed E-state index contributed by atoms with van der Waals surface area (Å²) in [6.07, 6.45) is 2.84. The van der Waals surface area contributed by atoms with Crippen molar-refractivity contribution in [1.29, 1.82) is 0 Å². The van der Waals surface area contributed by atoms with Gasteiger partial charge in [0, 0.05) is 24.2 Å². The monoisotopic (exact) mass is 414 g/mol. The van der Waals surface area contributed by atoms with Crippen molar-refractivity contribution in [1.82, 2.24) is 4.90 Å². The highest BCUT2D eigenvalue weighted by Crippen LogP contribution is 2.38. The van der Waals surface area contributed by atoms with Gasteiger partial charge in [-0.15, -0.1) is 0 Å². The highest BCUT2D eigenvalue weighted by Gasteiger charge is 2.42. The topological polar surface area (TPSA) is 41.6 Å². The molecule has 0 saturated carbocycles. The van der Waals surface area contributed by atoms with E-state index in [0.29, 0.717) is 13.2 Å². The first kappa shape index (κ1) is 21.0. The lowest BCUT2D eigenvalue weighted by molar-refractivity contribution is 0.0530. The van der Waals surface area contributed by atoms with Gasteiger partial charge in [0.1, 0.15) is 11.4 Å². The van der Waals surface area contributed by atoms with E-state index in [1.807, 2.05) is 59.5 Å². The molecular weight excluding hydrogens is 384 g/mol. The van der Waals surface area contributed by atoms with Crippen molar-refractivity contribution in [2.24, 2.45) is 0 Å². The van der Waals surface area contributed by atoms with Gasteiger partial charge in [-0.05, 0) is 43.2 Å². The Kier molecular flexibility index (Phi) is 6.26. The predicted octanol–water partition coefficient (Wildman–Crippen LogP) is 5.85. The molecule has 1 aliphatic rings. The number of rotatable bonds is 8. The van der Waals surface area contributed by atoms with Gasteiger partial charge in [0.05, 0.1) is 12.2 Å². The van der Waals surface area contributed by atoms with Gasteiger partial charge in [-0.25, -0.2) is 0 Å². The van der Waals surface area contributed by atoms with Crippen LogP contribution >= 0.6 is 0 Å². The number of nitrogens with zero attached hydrogens (tertiary/aromatic N) is 1. The van der Waals surface area contributed by atoms with Crippen molar-refractivity contribution in [2.45, 2.75) is 38.8 Å². The smallest absolute Gasteiger partial charge is 0.258 e. The molecule has 160 valence electrons. The summed E-state index contributed by atoms with van der Waals surface area (Å²) in [6.45, 7) is 5.54. The third kappa shape index (κ3) is 4.43. The zero-order chi connectivity index (χ0) is 21.7. The van der Waals surface area contributed by atoms with E-state index in [1.54, 1.807) is 0 Å². The van der Waals surface area contributed by atoms with Crippen LogP contribution < -0.4 is 10.1 Å². The number of ether oxygens (including phenoxy) is 1. The summed E-state index contributed by atoms with van der Waals surface area (Å²) in [5, 5.41) is 3.64. The molecule has 0 saturated heterocycles. The highest BCUT2D eigenvalue weighted by molar-refractivity contribution is 6.02. The Hall–Kier alpha value is -3.27. The number of nitrogens with one attached hydrogen (secondary N) is 1. The molecule has 1 N–H and O–H groups in total. The number of benzene rings is 3. The summed E-state index contributed by atoms with van der Waals surface area (Å²) in [5.74, 6) is 0.888. The number of amides is 1. The van der Waals surface area contributed by atoms with Crippen LogP contribution in [-0.2, 0) is 12.1 Å². The Morgan fingerprint density at radius 2 is 1.74 bits per heavy atom. The summed E-state index contributed by atoms with van der Waals surface area (Å²) in [4.78, 5) is 15.3. The first-order chi connectivity index (χ1) is 15.1. The van der Waals surface area contributed by atoms with Gasteiger partial charge in [-0.2, -0.15) is 0 Å². The van der Waals surface area contributed by atoms with E-state index in [4.69, 9.17) is 4.74 Å². The van der Waals surface area contributed by atoms with Crippen LogP contribution in [0, 0.1) is 0 Å². The minimum Gasteiger partial charge on any atom is -0.493 e. The molecule has 31 heavy (non-hydrogen) atoms. The number of anilines is 1. The van der Waals surface area contributed by atoms with Gasteiger partial charge in [0.2, 0.25) is 0 Å². The molecule has 1 aliphatic heterocycles. The van der Waals surface area contributed by atoms with Crippen LogP contribution in [0.2, 0.25) is 0 Å². The Bertz CT molecular complexity index is 1030. The first-order valence-corrected chi connectivity index (χ1v) is 11.1. The predicted molar refractivity (Wildman–Crippen MR) is 125 cm³/mol. The molecule has 1 heterocycles. The molecule has 0 fully saturated rings. The van der Waals surface area contributed by atoms with Gasteiger partial charge < -0.3 is 15.0 Å². The number of carbonyl (C=O) groups is 1. The van der Waals surface area contributed by atoms with Crippen molar-refractivity contribution in [3.05, 3.63) is 95.6 Å². The van der Waals surface area contributed by atoms with E-state index in [1.165, 1.54) is 5.56 Å². The molecule has 4 nitrogen and oxygen atoms in total. The molecule has 1 unspecified atom stereocenters. The fourth-order valence-electron chi connectivity index (χ4n) is 4.15. The number of hydrogen-bond donors (Lipinski definition) is 1. The number of unbranched alkanes of at least 4 members (excludes halogenated alkanes) is 1. The fraction of sp³-hybridized carbons (Fsp3) is 0.296. The third-order valence-electron chi connectivity index (χ3n) is 5.95. The zero-order valence-corrected chi connectivity index (χ0v) is 18.3. The maximum atomic E-state index is 13.4. The van der Waals surface area contributed by atoms with Crippen LogP contribution in [0.25, 0.3) is 0 Å². The molecular formula is C27H30N2O2. The van der Waals surface area contributed by atoms with Crippen LogP contribution in [0.4, 0.5) is 5.69 Å². The largest absolute Gasteiger partial charge is 0.493 e. The molecule has 1 atom stereocenters. The average Bonchev–Trinajstić information content (AvgIpc) is 2.80. The molecule has 3 aromatic rings. The van der Waals surface area contributed by atoms with Crippen LogP contribution in [0.1, 0.15) is 48.2 Å². The maximum Gasteiger partial charge on any atom is 0.258 e. The second-order valence-corrected chi connectivity index (χ2v) is 8.17. The minimum absolute atomic E-state index is 0.0701. The second-order valence-electron chi connectivity index (χ2n) is 8.17. The van der Waals surface area contributed by atoms with E-state index >= 15 is 0 Å². The zero-order valence-electron chi connectivity index (χ0n) is 18.3. The molecule has 3 aromatic carbocycles. The molecule has 0 aliphatic carbocycles. The summed E-state index contributed by atoms with van der Waals surface area (Å²) < 4.78 is 6.07. The van der Waals surface area contributed by atoms with Crippen LogP contribution in [0.5, 0.6) is 5.75 Å². The lowest BCUT2D eigenvalue weighted by Crippen LogP contribution is -2.56. The fourth-order valence-corrected chi connectivity index (χ4v) is 4.15. The maximum absolute atomic E-state index is 13.4. The summed E-state index contributed by atoms with van der Waals surface area (Å²) >= 11 is 0. The lowest BCUT2D eigenvalue weighted by Gasteiger charge is -2.47. The quantitative estimate of drug-likeness (QED) is 0.503. The van der Waals surface area contributed by atoms with Gasteiger partial charge >= 0.3 is 0 Å². The Labute approximate surface area is 184 Å². The van der Waals surface area contributed by atoms with Crippen LogP contribution in [0.15, 0.2) is 78.9 Å². The van der Waals surface area contributed by atoms with Crippen molar-refractivity contribution in [3.63, 3.8) is 0 Å². The molecule has 0 bridgehead atoms. The Morgan fingerprint density at radius 1 is 0.968 bits per heavy atom. The second kappa shape index (κ2) is 9.25. The normalized spacial score (nSPS) is 17.7. The number of para-hydroxylation sites is 1. The van der Waals surface area contributed by atoms with Crippen molar-refractivity contribution in [2.75, 3.05) is 18.5 Å². The van der Waals surface area contributed by atoms with Gasteiger partial charge in [0.25, 0.3) is 5.91 Å². The van der Waals surface area contributed by atoms with Crippen LogP contribution in [0.3, 0.4) is 0 Å². The summed E-state index contributed by atoms with van der Waals surface area (Å²) in [6, 6.07) is 26.2. The Morgan fingerprint density at radius 3 is 2.55 bits per heavy atom. The number of carbonyl (C=O) groups excluding carboxylic acids is 1. The molecule has 1 amide bonds. The summed E-state index contributed by atoms with van der Waals surface area (Å²) in [5.41, 5.74) is 3.24. The van der Waals surface area contributed by atoms with Gasteiger partial charge in [0.15, 0.2) is 0 Å². The van der Waals surface area contributed by atoms with E-state index < -0.39 is 5.66 Å². The van der Waals surface area contributed by atoms with E-state index in [0.717, 1.165) is 41.8 Å². The average molecular weight is 415 g/mol. The highest BCUT2D eigenvalue weighted by atomic mass is 16.5. The number of hydrogen-bond acceptors (Lipinski definition) is 3. The van der Waals surface area contributed by atoms with Crippen molar-refractivity contribution in [3.8, 4) is 5.75 Å². The summed E-state index contributed by atoms with van der Waals surface area (Å²) in [7, 11) is 0. The standard InChI is InChI=1S/C27H30N2O2/c1-3-4-18-29-26(30)24-15-8-9-16-25(24)28-27(29,2)22-13-10-14-23(20-22)31-19-17-21-11-6-5-7-12-21/h5-16,20,28H,3-4,17-19H2,1-2H3. The van der Waals surface area contributed by atoms with Gasteiger partial charge in [-0.1, -0.05) is 67.9 Å². The SMILES string of the molecule is CCCCN1C(=O)c2ccccc2NC1(C)c1cccc(OCCc2ccccc2)c1. The lowest BCUT2D eigenvalue weighted by atomic mass is 9.93. The van der Waals surface area contributed by atoms with Crippen molar-refractivity contribution < 1.29 is 9.53 Å².